The minimum Gasteiger partial charge on any atom is -0.481 e. The van der Waals surface area contributed by atoms with Gasteiger partial charge in [0.05, 0.1) is 0 Å². The molecule has 4 nitrogen and oxygen atoms in total. The second kappa shape index (κ2) is 9.75. The van der Waals surface area contributed by atoms with Crippen molar-refractivity contribution in [2.24, 2.45) is 0 Å². The summed E-state index contributed by atoms with van der Waals surface area (Å²) in [6.07, 6.45) is 8.16. The lowest BCUT2D eigenvalue weighted by molar-refractivity contribution is -0.667. The summed E-state index contributed by atoms with van der Waals surface area (Å²) in [5.41, 5.74) is 7.57. The highest BCUT2D eigenvalue weighted by Gasteiger charge is 2.42. The lowest BCUT2D eigenvalue weighted by atomic mass is 9.96. The maximum atomic E-state index is 11.2. The number of hydrogen-bond acceptors (Lipinski definition) is 4. The smallest absolute Gasteiger partial charge is 0.309 e. The maximum Gasteiger partial charge on any atom is 0.309 e. The zero-order valence-electron chi connectivity index (χ0n) is 20.0. The van der Waals surface area contributed by atoms with E-state index in [2.05, 4.69) is 88.8 Å². The molecule has 1 fully saturated rings. The van der Waals surface area contributed by atoms with Gasteiger partial charge in [0, 0.05) is 41.2 Å². The minimum atomic E-state index is -0.776. The molecule has 6 rings (SSSR count). The Balaban J connectivity index is 1.33. The number of aromatic nitrogens is 1. The number of fused-ring (bicyclic) bond motifs is 4. The first-order valence-electron chi connectivity index (χ1n) is 12.6. The molecule has 2 atom stereocenters. The summed E-state index contributed by atoms with van der Waals surface area (Å²) in [6, 6.07) is 24.4. The van der Waals surface area contributed by atoms with Gasteiger partial charge in [-0.3, -0.25) is 4.79 Å². The summed E-state index contributed by atoms with van der Waals surface area (Å²) < 4.78 is 3.30. The van der Waals surface area contributed by atoms with Gasteiger partial charge in [0.1, 0.15) is 11.1 Å². The lowest BCUT2D eigenvalue weighted by Gasteiger charge is -2.27. The summed E-state index contributed by atoms with van der Waals surface area (Å²) >= 11 is 6.12. The standard InChI is InChI=1S/C30H28N2O2S2/c33-30(34)16-17-31-27-5-1-2-7-28(27)36-29(31)15-11-20-10-14-26-24(18-20)23-4-3-6-25(23)32(26)22-12-8-21(19-35)9-13-22/h1-2,5,7-15,18,23,25H,3-4,6,16-17,19H2,(H-,33,34,35)/p+1. The molecular weight excluding hydrogens is 484 g/mol. The largest absolute Gasteiger partial charge is 0.481 e. The van der Waals surface area contributed by atoms with Crippen LogP contribution >= 0.6 is 24.0 Å². The Morgan fingerprint density at radius 3 is 2.72 bits per heavy atom. The van der Waals surface area contributed by atoms with E-state index in [1.165, 1.54) is 52.0 Å². The molecule has 1 N–H and O–H groups in total. The summed E-state index contributed by atoms with van der Waals surface area (Å²) in [5, 5.41) is 10.3. The fourth-order valence-corrected chi connectivity index (χ4v) is 7.16. The first-order chi connectivity index (χ1) is 17.6. The van der Waals surface area contributed by atoms with Gasteiger partial charge in [-0.2, -0.15) is 17.2 Å². The number of aliphatic carboxylic acids is 1. The molecular formula is C30H29N2O2S2+. The molecule has 2 unspecified atom stereocenters. The zero-order chi connectivity index (χ0) is 24.6. The Kier molecular flexibility index (Phi) is 6.32. The predicted octanol–water partition coefficient (Wildman–Crippen LogP) is 7.05. The summed E-state index contributed by atoms with van der Waals surface area (Å²) in [5.74, 6) is 0.555. The second-order valence-corrected chi connectivity index (χ2v) is 11.0. The van der Waals surface area contributed by atoms with Crippen LogP contribution < -0.4 is 9.47 Å². The Labute approximate surface area is 220 Å². The molecule has 1 aliphatic heterocycles. The molecule has 0 amide bonds. The SMILES string of the molecule is O=C(O)CC[n+]1c(/C=C/c2ccc3c(c2)C2CCCC2N3c2ccc(CS)cc2)sc2ccccc21. The highest BCUT2D eigenvalue weighted by molar-refractivity contribution is 7.79. The topological polar surface area (TPSA) is 44.4 Å². The number of anilines is 2. The number of nitrogens with zero attached hydrogens (tertiary/aromatic N) is 2. The first kappa shape index (κ1) is 23.3. The third-order valence-corrected chi connectivity index (χ3v) is 9.02. The molecule has 36 heavy (non-hydrogen) atoms. The van der Waals surface area contributed by atoms with Crippen molar-refractivity contribution in [2.45, 2.75) is 49.9 Å². The van der Waals surface area contributed by atoms with E-state index in [0.717, 1.165) is 16.3 Å². The number of thiol groups is 1. The van der Waals surface area contributed by atoms with Crippen LogP contribution in [0.15, 0.2) is 66.7 Å². The van der Waals surface area contributed by atoms with Crippen LogP contribution in [0.4, 0.5) is 11.4 Å². The van der Waals surface area contributed by atoms with Crippen molar-refractivity contribution in [1.82, 2.24) is 0 Å². The van der Waals surface area contributed by atoms with Gasteiger partial charge in [0.2, 0.25) is 5.52 Å². The first-order valence-corrected chi connectivity index (χ1v) is 14.0. The molecule has 2 aliphatic rings. The molecule has 6 heteroatoms. The van der Waals surface area contributed by atoms with E-state index in [1.807, 2.05) is 12.1 Å². The van der Waals surface area contributed by atoms with E-state index in [1.54, 1.807) is 11.3 Å². The average Bonchev–Trinajstić information content (AvgIpc) is 3.59. The minimum absolute atomic E-state index is 0.110. The van der Waals surface area contributed by atoms with Gasteiger partial charge in [0.15, 0.2) is 6.54 Å². The second-order valence-electron chi connectivity index (χ2n) is 9.65. The summed E-state index contributed by atoms with van der Waals surface area (Å²) in [7, 11) is 0. The fourth-order valence-electron chi connectivity index (χ4n) is 5.86. The third kappa shape index (κ3) is 4.22. The number of rotatable bonds is 7. The molecule has 1 aromatic heterocycles. The average molecular weight is 514 g/mol. The van der Waals surface area contributed by atoms with Gasteiger partial charge < -0.3 is 10.0 Å². The summed E-state index contributed by atoms with van der Waals surface area (Å²) in [6.45, 7) is 0.466. The van der Waals surface area contributed by atoms with Crippen LogP contribution in [0.1, 0.15) is 53.3 Å². The van der Waals surface area contributed by atoms with Crippen LogP contribution in [0.3, 0.4) is 0 Å². The van der Waals surface area contributed by atoms with E-state index in [9.17, 15) is 9.90 Å². The monoisotopic (exact) mass is 513 g/mol. The predicted molar refractivity (Wildman–Crippen MR) is 151 cm³/mol. The quantitative estimate of drug-likeness (QED) is 0.206. The Morgan fingerprint density at radius 2 is 1.92 bits per heavy atom. The van der Waals surface area contributed by atoms with Crippen LogP contribution in [0.5, 0.6) is 0 Å². The Bertz CT molecular complexity index is 1460. The van der Waals surface area contributed by atoms with Crippen molar-refractivity contribution < 1.29 is 14.5 Å². The molecule has 0 bridgehead atoms. The molecule has 4 aromatic rings. The number of carbonyl (C=O) groups is 1. The number of carboxylic acid groups (broad SMARTS) is 1. The maximum absolute atomic E-state index is 11.2. The Hall–Kier alpha value is -3.09. The van der Waals surface area contributed by atoms with Gasteiger partial charge in [-0.05, 0) is 65.9 Å². The van der Waals surface area contributed by atoms with Crippen molar-refractivity contribution in [3.05, 3.63) is 88.4 Å². The van der Waals surface area contributed by atoms with Gasteiger partial charge in [-0.25, -0.2) is 0 Å². The van der Waals surface area contributed by atoms with Crippen molar-refractivity contribution >= 4 is 63.7 Å². The number of aryl methyl sites for hydroxylation is 1. The number of benzene rings is 3. The highest BCUT2D eigenvalue weighted by atomic mass is 32.1. The lowest BCUT2D eigenvalue weighted by Crippen LogP contribution is -2.36. The van der Waals surface area contributed by atoms with Crippen LogP contribution in [-0.4, -0.2) is 17.1 Å². The normalized spacial score (nSPS) is 18.8. The van der Waals surface area contributed by atoms with Crippen molar-refractivity contribution in [3.8, 4) is 0 Å². The van der Waals surface area contributed by atoms with Crippen molar-refractivity contribution in [3.63, 3.8) is 0 Å². The van der Waals surface area contributed by atoms with E-state index < -0.39 is 5.97 Å². The van der Waals surface area contributed by atoms with Crippen LogP contribution in [0, 0.1) is 0 Å². The molecule has 3 aromatic carbocycles. The van der Waals surface area contributed by atoms with E-state index in [-0.39, 0.29) is 6.42 Å². The summed E-state index contributed by atoms with van der Waals surface area (Å²) in [4.78, 5) is 13.8. The third-order valence-electron chi connectivity index (χ3n) is 7.52. The molecule has 1 aliphatic carbocycles. The molecule has 1 saturated carbocycles. The van der Waals surface area contributed by atoms with E-state index in [4.69, 9.17) is 0 Å². The Morgan fingerprint density at radius 1 is 1.08 bits per heavy atom. The number of hydrogen-bond donors (Lipinski definition) is 2. The van der Waals surface area contributed by atoms with Gasteiger partial charge in [-0.1, -0.05) is 48.1 Å². The van der Waals surface area contributed by atoms with Crippen molar-refractivity contribution in [1.29, 1.82) is 0 Å². The van der Waals surface area contributed by atoms with Crippen molar-refractivity contribution in [2.75, 3.05) is 4.90 Å². The zero-order valence-corrected chi connectivity index (χ0v) is 21.7. The van der Waals surface area contributed by atoms with E-state index >= 15 is 0 Å². The molecule has 0 spiro atoms. The van der Waals surface area contributed by atoms with Crippen LogP contribution in [0.2, 0.25) is 0 Å². The van der Waals surface area contributed by atoms with E-state index in [0.29, 0.717) is 18.5 Å². The number of para-hydroxylation sites is 1. The number of thiazole rings is 1. The van der Waals surface area contributed by atoms with Crippen LogP contribution in [-0.2, 0) is 17.1 Å². The molecule has 182 valence electrons. The number of carboxylic acids is 1. The molecule has 2 heterocycles. The van der Waals surface area contributed by atoms with Gasteiger partial charge >= 0.3 is 5.97 Å². The van der Waals surface area contributed by atoms with Gasteiger partial charge in [-0.15, -0.1) is 0 Å². The van der Waals surface area contributed by atoms with Gasteiger partial charge in [0.25, 0.3) is 5.01 Å². The highest BCUT2D eigenvalue weighted by Crippen LogP contribution is 2.52. The molecule has 0 radical (unpaired) electrons. The molecule has 0 saturated heterocycles. The fraction of sp³-hybridized carbons (Fsp3) is 0.267. The van der Waals surface area contributed by atoms with Crippen LogP contribution in [0.25, 0.3) is 22.4 Å².